The number of aliphatic imine (C=N–C) groups is 2. The maximum atomic E-state index is 13.7. The van der Waals surface area contributed by atoms with Gasteiger partial charge in [0.05, 0.1) is 43.9 Å². The molecule has 8 atom stereocenters. The number of hydrogen-bond donors (Lipinski definition) is 0. The number of fused-ring (bicyclic) bond motifs is 5. The van der Waals surface area contributed by atoms with E-state index < -0.39 is 17.9 Å². The van der Waals surface area contributed by atoms with Crippen LogP contribution in [0.5, 0.6) is 11.5 Å². The Hall–Kier alpha value is -5.54. The number of carbonyl (C=O) groups excluding carboxylic acids is 2. The second kappa shape index (κ2) is 53.6. The number of unbranched alkanes of at least 4 members (excludes halogenated alkanes) is 31. The number of rotatable bonds is 61. The zero-order valence-corrected chi connectivity index (χ0v) is 71.7. The number of allylic oxidation sites excluding steroid dienone is 1. The van der Waals surface area contributed by atoms with E-state index in [1.807, 2.05) is 36.7 Å². The fourth-order valence-electron chi connectivity index (χ4n) is 19.7. The van der Waals surface area contributed by atoms with E-state index in [4.69, 9.17) is 33.7 Å². The summed E-state index contributed by atoms with van der Waals surface area (Å²) in [5, 5.41) is 0. The van der Waals surface area contributed by atoms with Crippen molar-refractivity contribution in [1.29, 1.82) is 0 Å². The smallest absolute Gasteiger partial charge is 0.320 e. The molecule has 0 aromatic heterocycles. The number of carbonyl (C=O) groups is 2. The number of hydrogen-bond acceptors (Lipinski definition) is 9. The molecule has 9 nitrogen and oxygen atoms in total. The Balaban J connectivity index is 0.667. The van der Waals surface area contributed by atoms with Crippen molar-refractivity contribution in [2.75, 3.05) is 33.0 Å². The van der Waals surface area contributed by atoms with E-state index in [0.717, 1.165) is 198 Å². The van der Waals surface area contributed by atoms with Crippen molar-refractivity contribution in [2.45, 2.75) is 376 Å². The van der Waals surface area contributed by atoms with Crippen LogP contribution in [0.4, 0.5) is 11.4 Å². The molecule has 618 valence electrons. The minimum absolute atomic E-state index is 0.316. The van der Waals surface area contributed by atoms with Gasteiger partial charge in [-0.15, -0.1) is 0 Å². The molecular weight excluding hydrogens is 1370 g/mol. The van der Waals surface area contributed by atoms with Crippen LogP contribution in [0.1, 0.15) is 379 Å². The summed E-state index contributed by atoms with van der Waals surface area (Å²) >= 11 is 0. The quantitative estimate of drug-likeness (QED) is 0.0143. The second-order valence-corrected chi connectivity index (χ2v) is 35.9. The fraction of sp³-hybridized carbons (Fsp3) is 0.706. The highest BCUT2D eigenvalue weighted by atomic mass is 16.6. The first-order valence-corrected chi connectivity index (χ1v) is 46.7. The summed E-state index contributed by atoms with van der Waals surface area (Å²) in [7, 11) is 0. The molecule has 0 unspecified atom stereocenters. The normalized spacial score (nSPS) is 20.8. The summed E-state index contributed by atoms with van der Waals surface area (Å²) in [6.45, 7) is 20.2. The average molecular weight is 1520 g/mol. The number of benzene rings is 4. The van der Waals surface area contributed by atoms with Crippen molar-refractivity contribution >= 4 is 35.7 Å². The van der Waals surface area contributed by atoms with Gasteiger partial charge in [-0.3, -0.25) is 19.6 Å². The van der Waals surface area contributed by atoms with E-state index in [1.165, 1.54) is 217 Å². The van der Waals surface area contributed by atoms with Gasteiger partial charge in [0.2, 0.25) is 0 Å². The molecule has 4 aliphatic rings. The molecule has 4 aromatic rings. The van der Waals surface area contributed by atoms with Crippen LogP contribution in [-0.2, 0) is 36.6 Å². The minimum Gasteiger partial charge on any atom is -0.494 e. The van der Waals surface area contributed by atoms with Gasteiger partial charge in [-0.2, -0.15) is 0 Å². The zero-order chi connectivity index (χ0) is 78.2. The van der Waals surface area contributed by atoms with E-state index in [2.05, 4.69) is 127 Å². The maximum Gasteiger partial charge on any atom is 0.320 e. The van der Waals surface area contributed by atoms with Crippen LogP contribution in [0, 0.1) is 52.3 Å². The van der Waals surface area contributed by atoms with Crippen molar-refractivity contribution in [3.63, 3.8) is 0 Å². The van der Waals surface area contributed by atoms with E-state index in [0.29, 0.717) is 36.6 Å². The maximum absolute atomic E-state index is 13.7. The summed E-state index contributed by atoms with van der Waals surface area (Å²) in [5.41, 5.74) is 9.48. The van der Waals surface area contributed by atoms with Gasteiger partial charge in [0.15, 0.2) is 5.92 Å². The number of ether oxygens (including phenoxy) is 5. The van der Waals surface area contributed by atoms with Crippen LogP contribution >= 0.6 is 0 Å². The molecule has 0 amide bonds. The van der Waals surface area contributed by atoms with Crippen molar-refractivity contribution in [3.8, 4) is 11.5 Å². The molecule has 0 heterocycles. The molecule has 3 saturated carbocycles. The highest BCUT2D eigenvalue weighted by Crippen LogP contribution is 2.67. The first kappa shape index (κ1) is 91.0. The van der Waals surface area contributed by atoms with Gasteiger partial charge in [0.1, 0.15) is 11.5 Å². The molecule has 0 saturated heterocycles. The Morgan fingerprint density at radius 2 is 0.865 bits per heavy atom. The largest absolute Gasteiger partial charge is 0.494 e. The zero-order valence-electron chi connectivity index (χ0n) is 71.7. The summed E-state index contributed by atoms with van der Waals surface area (Å²) in [6, 6.07) is 34.0. The predicted octanol–water partition coefficient (Wildman–Crippen LogP) is 29.3. The molecule has 9 heteroatoms. The lowest BCUT2D eigenvalue weighted by Crippen LogP contribution is -2.51. The number of esters is 2. The van der Waals surface area contributed by atoms with Gasteiger partial charge < -0.3 is 23.7 Å². The van der Waals surface area contributed by atoms with Crippen molar-refractivity contribution in [3.05, 3.63) is 131 Å². The first-order chi connectivity index (χ1) is 54.3. The third-order valence-electron chi connectivity index (χ3n) is 26.7. The summed E-state index contributed by atoms with van der Waals surface area (Å²) < 4.78 is 30.6. The van der Waals surface area contributed by atoms with E-state index in [-0.39, 0.29) is 0 Å². The molecule has 8 rings (SSSR count). The molecule has 0 bridgehead atoms. The van der Waals surface area contributed by atoms with Crippen LogP contribution in [0.3, 0.4) is 0 Å². The number of aryl methyl sites for hydroxylation is 2. The average Bonchev–Trinajstić information content (AvgIpc) is 1.67. The van der Waals surface area contributed by atoms with E-state index in [9.17, 15) is 9.59 Å². The molecule has 0 N–H and O–H groups in total. The van der Waals surface area contributed by atoms with E-state index in [1.54, 1.807) is 5.57 Å². The molecule has 0 aliphatic heterocycles. The van der Waals surface area contributed by atoms with Gasteiger partial charge >= 0.3 is 11.9 Å². The van der Waals surface area contributed by atoms with Crippen LogP contribution in [0.15, 0.2) is 119 Å². The third-order valence-corrected chi connectivity index (χ3v) is 26.7. The van der Waals surface area contributed by atoms with Crippen LogP contribution in [0.25, 0.3) is 0 Å². The lowest BCUT2D eigenvalue weighted by Gasteiger charge is -2.58. The van der Waals surface area contributed by atoms with Gasteiger partial charge in [-0.1, -0.05) is 290 Å². The molecule has 4 aromatic carbocycles. The summed E-state index contributed by atoms with van der Waals surface area (Å²) in [6.07, 6.45) is 67.1. The Morgan fingerprint density at radius 3 is 1.33 bits per heavy atom. The van der Waals surface area contributed by atoms with Crippen molar-refractivity contribution < 1.29 is 33.3 Å². The highest BCUT2D eigenvalue weighted by molar-refractivity contribution is 5.94. The molecule has 0 radical (unpaired) electrons. The first-order valence-electron chi connectivity index (χ1n) is 46.7. The summed E-state index contributed by atoms with van der Waals surface area (Å²) in [4.78, 5) is 36.9. The van der Waals surface area contributed by atoms with Gasteiger partial charge in [-0.25, -0.2) is 0 Å². The monoisotopic (exact) mass is 1520 g/mol. The van der Waals surface area contributed by atoms with E-state index >= 15 is 0 Å². The van der Waals surface area contributed by atoms with Gasteiger partial charge in [0.25, 0.3) is 0 Å². The standard InChI is InChI=1S/C102H158N2O7/c1-8-10-12-14-16-22-28-36-47-84-50-59-89(60-51-84)103-80-86-54-63-91(64-55-86)107-74-39-31-24-18-20-26-33-42-77-110-99(105)95(49-38-30-35-41-76-109-93-70-72-101(6)88(79-93)58-67-94-97-69-68-96(83(5)46-44-45-82(3)4)102(97,7)73-71-98(94)101)100(106)111-78-43-34-27-21-19-25-32-40-75-108-92-65-56-87(57-66-92)81-104-90-61-52-85(53-62-90)48-37-29-23-17-15-13-11-9-2/h50-66,80-83,93-98H,8-49,67-79H2,1-7H3/t83-,93+,94+,95?,96-,97+,98+,101+,102-/m1/s1. The van der Waals surface area contributed by atoms with Crippen molar-refractivity contribution in [2.24, 2.45) is 62.2 Å². The molecule has 3 fully saturated rings. The molecule has 111 heavy (non-hydrogen) atoms. The van der Waals surface area contributed by atoms with Crippen LogP contribution in [0.2, 0.25) is 0 Å². The Labute approximate surface area is 678 Å². The van der Waals surface area contributed by atoms with Gasteiger partial charge in [-0.05, 0) is 257 Å². The van der Waals surface area contributed by atoms with Crippen LogP contribution < -0.4 is 9.47 Å². The lowest BCUT2D eigenvalue weighted by atomic mass is 9.47. The molecule has 0 spiro atoms. The Morgan fingerprint density at radius 1 is 0.432 bits per heavy atom. The lowest BCUT2D eigenvalue weighted by molar-refractivity contribution is -0.162. The van der Waals surface area contributed by atoms with Crippen LogP contribution in [-0.4, -0.2) is 63.5 Å². The Bertz CT molecular complexity index is 3040. The van der Waals surface area contributed by atoms with Crippen molar-refractivity contribution in [1.82, 2.24) is 0 Å². The SMILES string of the molecule is CCCCCCCCCCc1ccc(N=Cc2ccc(OCCCCCCCCCCOC(=O)C(CCCCCCO[C@H]3CC[C@@]4(C)C(=CC[C@H]5[C@@H]6CC[C@H]([C@H](C)CCCC(C)C)[C@@]6(C)CC[C@@H]54)C3)C(=O)OCCCCCCCCCCOc3ccc(C=Nc4ccc(CCCCCCCCCC)cc4)cc3)cc2)cc1. The molecular formula is C102H158N2O7. The van der Waals surface area contributed by atoms with Gasteiger partial charge in [0, 0.05) is 19.0 Å². The topological polar surface area (TPSA) is 105 Å². The third kappa shape index (κ3) is 33.7. The Kier molecular flexibility index (Phi) is 43.9. The summed E-state index contributed by atoms with van der Waals surface area (Å²) in [5.74, 6) is 5.26. The predicted molar refractivity (Wildman–Crippen MR) is 469 cm³/mol. The minimum atomic E-state index is -0.867. The fourth-order valence-corrected chi connectivity index (χ4v) is 19.7. The highest BCUT2D eigenvalue weighted by Gasteiger charge is 2.59. The molecule has 4 aliphatic carbocycles. The second-order valence-electron chi connectivity index (χ2n) is 35.9. The number of nitrogens with zero attached hydrogens (tertiary/aromatic N) is 2.